The topological polar surface area (TPSA) is 58.6 Å². The third-order valence-corrected chi connectivity index (χ3v) is 6.27. The molecule has 0 saturated carbocycles. The van der Waals surface area contributed by atoms with E-state index in [0.29, 0.717) is 22.8 Å². The molecule has 0 aliphatic carbocycles. The van der Waals surface area contributed by atoms with Crippen molar-refractivity contribution in [3.8, 4) is 5.75 Å². The molecule has 2 amide bonds. The van der Waals surface area contributed by atoms with Crippen LogP contribution in [0.4, 0.5) is 4.39 Å². The number of benzene rings is 4. The minimum absolute atomic E-state index is 0.114. The molecule has 0 aromatic heterocycles. The van der Waals surface area contributed by atoms with Crippen LogP contribution in [-0.4, -0.2) is 29.4 Å². The van der Waals surface area contributed by atoms with E-state index in [1.807, 2.05) is 60.7 Å². The Labute approximate surface area is 226 Å². The standard InChI is InChI=1S/C31H28ClFN2O3/c32-26-15-11-24(12-16-26)20-34-31(37)29(19-23-7-3-1-4-8-23)35(21-25-13-17-27(33)18-14-25)30(36)22-38-28-9-5-2-6-10-28/h1-18,29H,19-22H2,(H,34,37)/t29-/m0/s1. The van der Waals surface area contributed by atoms with E-state index in [0.717, 1.165) is 11.1 Å². The van der Waals surface area contributed by atoms with Crippen LogP contribution in [0.3, 0.4) is 0 Å². The Hall–Kier alpha value is -4.16. The van der Waals surface area contributed by atoms with Crippen molar-refractivity contribution in [2.24, 2.45) is 0 Å². The summed E-state index contributed by atoms with van der Waals surface area (Å²) >= 11 is 5.99. The monoisotopic (exact) mass is 530 g/mol. The predicted molar refractivity (Wildman–Crippen MR) is 146 cm³/mol. The molecule has 4 aromatic rings. The van der Waals surface area contributed by atoms with Gasteiger partial charge in [0.05, 0.1) is 0 Å². The lowest BCUT2D eigenvalue weighted by molar-refractivity contribution is -0.142. The summed E-state index contributed by atoms with van der Waals surface area (Å²) in [5, 5.41) is 3.57. The molecule has 4 aromatic carbocycles. The van der Waals surface area contributed by atoms with E-state index in [2.05, 4.69) is 5.32 Å². The third-order valence-electron chi connectivity index (χ3n) is 6.02. The summed E-state index contributed by atoms with van der Waals surface area (Å²) in [5.74, 6) is -0.491. The second kappa shape index (κ2) is 13.4. The average Bonchev–Trinajstić information content (AvgIpc) is 2.95. The van der Waals surface area contributed by atoms with Crippen molar-refractivity contribution in [3.05, 3.63) is 137 Å². The van der Waals surface area contributed by atoms with Crippen LogP contribution in [0.25, 0.3) is 0 Å². The number of nitrogens with zero attached hydrogens (tertiary/aromatic N) is 1. The molecule has 0 saturated heterocycles. The summed E-state index contributed by atoms with van der Waals surface area (Å²) < 4.78 is 19.3. The van der Waals surface area contributed by atoms with Crippen LogP contribution in [0.2, 0.25) is 5.02 Å². The quantitative estimate of drug-likeness (QED) is 0.266. The molecule has 38 heavy (non-hydrogen) atoms. The Morgan fingerprint density at radius 2 is 1.39 bits per heavy atom. The van der Waals surface area contributed by atoms with Crippen molar-refractivity contribution >= 4 is 23.4 Å². The molecular formula is C31H28ClFN2O3. The van der Waals surface area contributed by atoms with Crippen molar-refractivity contribution in [1.29, 1.82) is 0 Å². The van der Waals surface area contributed by atoms with Gasteiger partial charge < -0.3 is 15.0 Å². The number of para-hydroxylation sites is 1. The molecule has 5 nitrogen and oxygen atoms in total. The molecular weight excluding hydrogens is 503 g/mol. The molecule has 1 N–H and O–H groups in total. The first-order valence-electron chi connectivity index (χ1n) is 12.3. The molecule has 4 rings (SSSR count). The van der Waals surface area contributed by atoms with Gasteiger partial charge >= 0.3 is 0 Å². The van der Waals surface area contributed by atoms with Gasteiger partial charge in [0.25, 0.3) is 5.91 Å². The predicted octanol–water partition coefficient (Wildman–Crippen LogP) is 5.81. The summed E-state index contributed by atoms with van der Waals surface area (Å²) in [6.07, 6.45) is 0.297. The fourth-order valence-corrected chi connectivity index (χ4v) is 4.12. The summed E-state index contributed by atoms with van der Waals surface area (Å²) in [6.45, 7) is 0.143. The van der Waals surface area contributed by atoms with E-state index in [1.54, 1.807) is 36.4 Å². The first kappa shape index (κ1) is 26.9. The lowest BCUT2D eigenvalue weighted by atomic mass is 10.0. The first-order valence-corrected chi connectivity index (χ1v) is 12.6. The van der Waals surface area contributed by atoms with Crippen molar-refractivity contribution in [2.75, 3.05) is 6.61 Å². The second-order valence-electron chi connectivity index (χ2n) is 8.80. The van der Waals surface area contributed by atoms with Gasteiger partial charge in [-0.1, -0.05) is 84.4 Å². The molecule has 0 radical (unpaired) electrons. The first-order chi connectivity index (χ1) is 18.5. The molecule has 0 bridgehead atoms. The van der Waals surface area contributed by atoms with Gasteiger partial charge in [-0.25, -0.2) is 4.39 Å². The lowest BCUT2D eigenvalue weighted by Gasteiger charge is -2.31. The highest BCUT2D eigenvalue weighted by Gasteiger charge is 2.30. The minimum Gasteiger partial charge on any atom is -0.484 e. The normalized spacial score (nSPS) is 11.4. The summed E-state index contributed by atoms with van der Waals surface area (Å²) in [6, 6.07) is 30.8. The number of nitrogens with one attached hydrogen (secondary N) is 1. The van der Waals surface area contributed by atoms with Gasteiger partial charge in [0, 0.05) is 24.5 Å². The molecule has 0 aliphatic heterocycles. The average molecular weight is 531 g/mol. The number of hydrogen-bond acceptors (Lipinski definition) is 3. The smallest absolute Gasteiger partial charge is 0.261 e. The molecule has 0 aliphatic rings. The molecule has 194 valence electrons. The SMILES string of the molecule is O=C(NCc1ccc(Cl)cc1)[C@H](Cc1ccccc1)N(Cc1ccc(F)cc1)C(=O)COc1ccccc1. The van der Waals surface area contributed by atoms with E-state index >= 15 is 0 Å². The van der Waals surface area contributed by atoms with Gasteiger partial charge in [-0.2, -0.15) is 0 Å². The zero-order valence-corrected chi connectivity index (χ0v) is 21.5. The van der Waals surface area contributed by atoms with Gasteiger partial charge in [-0.3, -0.25) is 9.59 Å². The molecule has 0 spiro atoms. The zero-order chi connectivity index (χ0) is 26.7. The summed E-state index contributed by atoms with van der Waals surface area (Å²) in [5.41, 5.74) is 2.48. The molecule has 0 fully saturated rings. The number of amides is 2. The van der Waals surface area contributed by atoms with Crippen molar-refractivity contribution in [2.45, 2.75) is 25.6 Å². The molecule has 0 heterocycles. The lowest BCUT2D eigenvalue weighted by Crippen LogP contribution is -2.51. The van der Waals surface area contributed by atoms with Crippen LogP contribution >= 0.6 is 11.6 Å². The van der Waals surface area contributed by atoms with Crippen LogP contribution in [0, 0.1) is 5.82 Å². The summed E-state index contributed by atoms with van der Waals surface area (Å²) in [7, 11) is 0. The van der Waals surface area contributed by atoms with E-state index in [9.17, 15) is 14.0 Å². The van der Waals surface area contributed by atoms with Crippen molar-refractivity contribution in [1.82, 2.24) is 10.2 Å². The molecule has 1 atom stereocenters. The van der Waals surface area contributed by atoms with E-state index < -0.39 is 6.04 Å². The Bertz CT molecular complexity index is 1320. The van der Waals surface area contributed by atoms with E-state index in [4.69, 9.17) is 16.3 Å². The fraction of sp³-hybridized carbons (Fsp3) is 0.161. The maximum atomic E-state index is 13.6. The van der Waals surface area contributed by atoms with Gasteiger partial charge in [-0.15, -0.1) is 0 Å². The van der Waals surface area contributed by atoms with Gasteiger partial charge in [0.15, 0.2) is 6.61 Å². The van der Waals surface area contributed by atoms with Crippen LogP contribution in [0.15, 0.2) is 109 Å². The Kier molecular flexibility index (Phi) is 9.48. The van der Waals surface area contributed by atoms with Gasteiger partial charge in [0.2, 0.25) is 5.91 Å². The minimum atomic E-state index is -0.832. The Morgan fingerprint density at radius 1 is 0.789 bits per heavy atom. The summed E-state index contributed by atoms with van der Waals surface area (Å²) in [4.78, 5) is 28.7. The highest BCUT2D eigenvalue weighted by molar-refractivity contribution is 6.30. The number of carbonyl (C=O) groups excluding carboxylic acids is 2. The highest BCUT2D eigenvalue weighted by Crippen LogP contribution is 2.17. The van der Waals surface area contributed by atoms with Crippen molar-refractivity contribution in [3.63, 3.8) is 0 Å². The van der Waals surface area contributed by atoms with Gasteiger partial charge in [-0.05, 0) is 53.1 Å². The van der Waals surface area contributed by atoms with E-state index in [-0.39, 0.29) is 37.3 Å². The maximum Gasteiger partial charge on any atom is 0.261 e. The third kappa shape index (κ3) is 7.92. The zero-order valence-electron chi connectivity index (χ0n) is 20.7. The maximum absolute atomic E-state index is 13.6. The molecule has 7 heteroatoms. The number of ether oxygens (including phenoxy) is 1. The number of hydrogen-bond donors (Lipinski definition) is 1. The largest absolute Gasteiger partial charge is 0.484 e. The number of rotatable bonds is 11. The molecule has 0 unspecified atom stereocenters. The number of halogens is 2. The second-order valence-corrected chi connectivity index (χ2v) is 9.24. The van der Waals surface area contributed by atoms with Crippen LogP contribution in [0.1, 0.15) is 16.7 Å². The van der Waals surface area contributed by atoms with E-state index in [1.165, 1.54) is 17.0 Å². The highest BCUT2D eigenvalue weighted by atomic mass is 35.5. The van der Waals surface area contributed by atoms with Gasteiger partial charge in [0.1, 0.15) is 17.6 Å². The Balaban J connectivity index is 1.60. The van der Waals surface area contributed by atoms with Crippen LogP contribution in [-0.2, 0) is 29.1 Å². The number of carbonyl (C=O) groups is 2. The fourth-order valence-electron chi connectivity index (χ4n) is 3.99. The Morgan fingerprint density at radius 3 is 2.05 bits per heavy atom. The van der Waals surface area contributed by atoms with Crippen LogP contribution in [0.5, 0.6) is 5.75 Å². The van der Waals surface area contributed by atoms with Crippen molar-refractivity contribution < 1.29 is 18.7 Å². The van der Waals surface area contributed by atoms with Crippen LogP contribution < -0.4 is 10.1 Å².